The number of carbonyl (C=O) groups is 1. The van der Waals surface area contributed by atoms with Gasteiger partial charge < -0.3 is 20.4 Å². The van der Waals surface area contributed by atoms with Crippen LogP contribution in [-0.2, 0) is 4.79 Å². The van der Waals surface area contributed by atoms with Crippen molar-refractivity contribution in [3.05, 3.63) is 64.7 Å². The summed E-state index contributed by atoms with van der Waals surface area (Å²) in [7, 11) is 1.76. The number of thiocarbonyl (C=S) groups is 1. The highest BCUT2D eigenvalue weighted by atomic mass is 35.5. The van der Waals surface area contributed by atoms with Crippen molar-refractivity contribution in [2.75, 3.05) is 31.6 Å². The number of hydrogen-bond donors (Lipinski definition) is 2. The highest BCUT2D eigenvalue weighted by Crippen LogP contribution is 2.29. The summed E-state index contributed by atoms with van der Waals surface area (Å²) in [6.45, 7) is 7.47. The topological polar surface area (TPSA) is 60.0 Å². The number of nitrogens with zero attached hydrogens (tertiary/aromatic N) is 3. The van der Waals surface area contributed by atoms with Crippen LogP contribution in [0.2, 0.25) is 5.02 Å². The number of benzene rings is 2. The van der Waals surface area contributed by atoms with Crippen molar-refractivity contribution < 1.29 is 4.79 Å². The lowest BCUT2D eigenvalue weighted by Crippen LogP contribution is -2.51. The molecule has 180 valence electrons. The Morgan fingerprint density at radius 1 is 1.24 bits per heavy atom. The number of likely N-dealkylation sites (N-methyl/N-ethyl adjacent to an activating group) is 1. The van der Waals surface area contributed by atoms with Crippen LogP contribution < -0.4 is 15.5 Å². The molecule has 0 saturated carbocycles. The number of fused-ring (bicyclic) bond motifs is 1. The number of aliphatic imine (C=N–C) groups is 1. The highest BCUT2D eigenvalue weighted by Gasteiger charge is 2.31. The fraction of sp³-hybridized carbons (Fsp3) is 0.423. The van der Waals surface area contributed by atoms with E-state index >= 15 is 0 Å². The molecule has 0 radical (unpaired) electrons. The molecule has 2 aliphatic rings. The minimum Gasteiger partial charge on any atom is -0.362 e. The van der Waals surface area contributed by atoms with Gasteiger partial charge in [0.1, 0.15) is 0 Å². The minimum absolute atomic E-state index is 0.178. The van der Waals surface area contributed by atoms with E-state index in [1.807, 2.05) is 42.5 Å². The summed E-state index contributed by atoms with van der Waals surface area (Å²) in [5, 5.41) is 7.52. The fourth-order valence-electron chi connectivity index (χ4n) is 4.61. The molecule has 1 fully saturated rings. The molecular weight excluding hydrogens is 466 g/mol. The van der Waals surface area contributed by atoms with E-state index < -0.39 is 6.17 Å². The Morgan fingerprint density at radius 2 is 2.00 bits per heavy atom. The monoisotopic (exact) mass is 497 g/mol. The van der Waals surface area contributed by atoms with Gasteiger partial charge in [0, 0.05) is 42.3 Å². The summed E-state index contributed by atoms with van der Waals surface area (Å²) >= 11 is 11.9. The predicted octanol–water partition coefficient (Wildman–Crippen LogP) is 4.06. The largest absolute Gasteiger partial charge is 0.362 e. The number of likely N-dealkylation sites (tertiary alicyclic amines) is 1. The number of anilines is 1. The second-order valence-corrected chi connectivity index (χ2v) is 10.1. The van der Waals surface area contributed by atoms with Gasteiger partial charge in [-0.2, -0.15) is 0 Å². The molecule has 1 saturated heterocycles. The van der Waals surface area contributed by atoms with Crippen LogP contribution in [-0.4, -0.2) is 60.5 Å². The SMILES string of the molecule is CC(C)N1CCCC(CNC(=S)NC2N=C(c3ccccc3)c3cc(Cl)ccc3N(C)C2=O)C1. The van der Waals surface area contributed by atoms with Gasteiger partial charge in [-0.05, 0) is 69.6 Å². The van der Waals surface area contributed by atoms with Crippen LogP contribution in [0.4, 0.5) is 5.69 Å². The minimum atomic E-state index is -0.843. The number of amides is 1. The van der Waals surface area contributed by atoms with Crippen LogP contribution in [0.3, 0.4) is 0 Å². The Labute approximate surface area is 212 Å². The van der Waals surface area contributed by atoms with Crippen LogP contribution >= 0.6 is 23.8 Å². The molecule has 0 spiro atoms. The summed E-state index contributed by atoms with van der Waals surface area (Å²) in [6.07, 6.45) is 1.53. The Kier molecular flexibility index (Phi) is 7.86. The molecule has 0 aliphatic carbocycles. The van der Waals surface area contributed by atoms with Crippen LogP contribution in [0.15, 0.2) is 53.5 Å². The van der Waals surface area contributed by atoms with Gasteiger partial charge >= 0.3 is 0 Å². The van der Waals surface area contributed by atoms with Gasteiger partial charge in [0.25, 0.3) is 5.91 Å². The van der Waals surface area contributed by atoms with Crippen LogP contribution in [0.25, 0.3) is 0 Å². The lowest BCUT2D eigenvalue weighted by Gasteiger charge is -2.35. The first-order valence-electron chi connectivity index (χ1n) is 11.8. The number of carbonyl (C=O) groups excluding carboxylic acids is 1. The summed E-state index contributed by atoms with van der Waals surface area (Å²) in [5.74, 6) is 0.348. The third-order valence-electron chi connectivity index (χ3n) is 6.54. The third-order valence-corrected chi connectivity index (χ3v) is 7.04. The van der Waals surface area contributed by atoms with E-state index in [9.17, 15) is 4.79 Å². The lowest BCUT2D eigenvalue weighted by molar-refractivity contribution is -0.119. The Hall–Kier alpha value is -2.48. The first-order valence-corrected chi connectivity index (χ1v) is 12.6. The number of nitrogens with one attached hydrogen (secondary N) is 2. The van der Waals surface area contributed by atoms with Gasteiger partial charge in [-0.3, -0.25) is 4.79 Å². The summed E-state index contributed by atoms with van der Waals surface area (Å²) in [4.78, 5) is 22.3. The summed E-state index contributed by atoms with van der Waals surface area (Å²) in [5.41, 5.74) is 3.19. The molecular formula is C26H32ClN5OS. The number of hydrogen-bond acceptors (Lipinski definition) is 4. The van der Waals surface area contributed by atoms with Gasteiger partial charge in [-0.25, -0.2) is 4.99 Å². The molecule has 2 aromatic rings. The maximum Gasteiger partial charge on any atom is 0.272 e. The Bertz CT molecular complexity index is 1070. The average molecular weight is 498 g/mol. The molecule has 6 nitrogen and oxygen atoms in total. The van der Waals surface area contributed by atoms with Crippen molar-refractivity contribution in [2.24, 2.45) is 10.9 Å². The maximum atomic E-state index is 13.4. The van der Waals surface area contributed by atoms with Crippen molar-refractivity contribution in [3.63, 3.8) is 0 Å². The molecule has 2 N–H and O–H groups in total. The molecule has 1 amide bonds. The van der Waals surface area contributed by atoms with Crippen molar-refractivity contribution in [3.8, 4) is 0 Å². The van der Waals surface area contributed by atoms with Gasteiger partial charge in [0.05, 0.1) is 11.4 Å². The number of benzodiazepines with no additional fused rings is 1. The van der Waals surface area contributed by atoms with Gasteiger partial charge in [-0.1, -0.05) is 41.9 Å². The van der Waals surface area contributed by atoms with E-state index in [1.54, 1.807) is 18.0 Å². The molecule has 34 heavy (non-hydrogen) atoms. The maximum absolute atomic E-state index is 13.4. The van der Waals surface area contributed by atoms with Crippen molar-refractivity contribution in [2.45, 2.75) is 38.9 Å². The normalized spacial score (nSPS) is 21.0. The quantitative estimate of drug-likeness (QED) is 0.610. The molecule has 2 atom stereocenters. The van der Waals surface area contributed by atoms with Gasteiger partial charge in [0.2, 0.25) is 6.17 Å². The predicted molar refractivity (Wildman–Crippen MR) is 144 cm³/mol. The van der Waals surface area contributed by atoms with Crippen LogP contribution in [0.5, 0.6) is 0 Å². The Morgan fingerprint density at radius 3 is 2.74 bits per heavy atom. The van der Waals surface area contributed by atoms with Crippen molar-refractivity contribution in [1.82, 2.24) is 15.5 Å². The number of rotatable bonds is 5. The first kappa shape index (κ1) is 24.6. The molecule has 8 heteroatoms. The average Bonchev–Trinajstić information content (AvgIpc) is 2.94. The van der Waals surface area contributed by atoms with Crippen LogP contribution in [0.1, 0.15) is 37.8 Å². The van der Waals surface area contributed by atoms with E-state index in [4.69, 9.17) is 28.8 Å². The molecule has 2 unspecified atom stereocenters. The van der Waals surface area contributed by atoms with E-state index in [0.717, 1.165) is 36.4 Å². The zero-order valence-electron chi connectivity index (χ0n) is 19.9. The standard InChI is InChI=1S/C26H32ClN5OS/c1-17(2)32-13-7-8-18(16-32)15-28-26(34)30-24-25(33)31(3)22-12-11-20(27)14-21(22)23(29-24)19-9-5-4-6-10-19/h4-6,9-12,14,17-18,24H,7-8,13,15-16H2,1-3H3,(H2,28,30,34). The van der Waals surface area contributed by atoms with E-state index in [-0.39, 0.29) is 5.91 Å². The van der Waals surface area contributed by atoms with Gasteiger partial charge in [0.15, 0.2) is 5.11 Å². The van der Waals surface area contributed by atoms with Crippen molar-refractivity contribution in [1.29, 1.82) is 0 Å². The molecule has 2 aliphatic heterocycles. The van der Waals surface area contributed by atoms with E-state index in [0.29, 0.717) is 27.8 Å². The molecule has 0 bridgehead atoms. The third kappa shape index (κ3) is 5.59. The molecule has 0 aromatic heterocycles. The number of piperidine rings is 1. The second-order valence-electron chi connectivity index (χ2n) is 9.26. The smallest absolute Gasteiger partial charge is 0.272 e. The molecule has 2 heterocycles. The van der Waals surface area contributed by atoms with Crippen molar-refractivity contribution >= 4 is 46.2 Å². The zero-order chi connectivity index (χ0) is 24.2. The second kappa shape index (κ2) is 10.8. The lowest BCUT2D eigenvalue weighted by atomic mass is 9.97. The Balaban J connectivity index is 1.53. The van der Waals surface area contributed by atoms with E-state index in [1.165, 1.54) is 12.8 Å². The van der Waals surface area contributed by atoms with Crippen LogP contribution in [0, 0.1) is 5.92 Å². The number of halogens is 1. The first-order chi connectivity index (χ1) is 16.3. The highest BCUT2D eigenvalue weighted by molar-refractivity contribution is 7.80. The summed E-state index contributed by atoms with van der Waals surface area (Å²) in [6, 6.07) is 15.9. The fourth-order valence-corrected chi connectivity index (χ4v) is 4.98. The molecule has 2 aromatic carbocycles. The molecule has 4 rings (SSSR count). The van der Waals surface area contributed by atoms with E-state index in [2.05, 4.69) is 29.4 Å². The zero-order valence-corrected chi connectivity index (χ0v) is 21.5. The summed E-state index contributed by atoms with van der Waals surface area (Å²) < 4.78 is 0. The van der Waals surface area contributed by atoms with Gasteiger partial charge in [-0.15, -0.1) is 0 Å².